The lowest BCUT2D eigenvalue weighted by Gasteiger charge is -2.26. The second-order valence-electron chi connectivity index (χ2n) is 5.64. The van der Waals surface area contributed by atoms with E-state index in [4.69, 9.17) is 5.73 Å². The number of nitrogens with zero attached hydrogens (tertiary/aromatic N) is 3. The normalized spacial score (nSPS) is 20.9. The van der Waals surface area contributed by atoms with Crippen LogP contribution in [0.1, 0.15) is 27.2 Å². The Labute approximate surface area is 102 Å². The van der Waals surface area contributed by atoms with E-state index in [9.17, 15) is 0 Å². The van der Waals surface area contributed by atoms with Crippen LogP contribution < -0.4 is 16.0 Å². The molecule has 0 aromatic carbocycles. The number of rotatable bonds is 2. The van der Waals surface area contributed by atoms with E-state index in [0.717, 1.165) is 25.3 Å². The summed E-state index contributed by atoms with van der Waals surface area (Å²) < 4.78 is 0. The van der Waals surface area contributed by atoms with Gasteiger partial charge in [0.25, 0.3) is 0 Å². The van der Waals surface area contributed by atoms with Crippen LogP contribution in [0.3, 0.4) is 0 Å². The molecule has 0 spiro atoms. The monoisotopic (exact) mass is 235 g/mol. The minimum atomic E-state index is 0.160. The van der Waals surface area contributed by atoms with Gasteiger partial charge in [0, 0.05) is 24.7 Å². The smallest absolute Gasteiger partial charge is 0.151 e. The van der Waals surface area contributed by atoms with E-state index in [1.54, 1.807) is 6.07 Å². The molecule has 1 atom stereocenters. The Bertz CT molecular complexity index is 367. The van der Waals surface area contributed by atoms with Gasteiger partial charge in [0.2, 0.25) is 0 Å². The van der Waals surface area contributed by atoms with Crippen LogP contribution in [-0.4, -0.2) is 34.9 Å². The number of hydrogen-bond acceptors (Lipinski definition) is 5. The average molecular weight is 235 g/mol. The SMILES string of the molecule is CC(C)(C)N[C@H]1CCN(c2ccc(N)nn2)C1. The van der Waals surface area contributed by atoms with E-state index in [0.29, 0.717) is 11.9 Å². The van der Waals surface area contributed by atoms with Crippen molar-refractivity contribution in [1.82, 2.24) is 15.5 Å². The minimum absolute atomic E-state index is 0.160. The molecule has 2 heterocycles. The van der Waals surface area contributed by atoms with Gasteiger partial charge in [-0.15, -0.1) is 10.2 Å². The molecule has 1 aliphatic heterocycles. The molecule has 5 nitrogen and oxygen atoms in total. The number of anilines is 2. The third-order valence-corrected chi connectivity index (χ3v) is 2.82. The van der Waals surface area contributed by atoms with E-state index in [1.165, 1.54) is 0 Å². The molecule has 1 fully saturated rings. The molecule has 0 radical (unpaired) electrons. The van der Waals surface area contributed by atoms with Gasteiger partial charge in [-0.1, -0.05) is 0 Å². The Morgan fingerprint density at radius 3 is 2.71 bits per heavy atom. The van der Waals surface area contributed by atoms with E-state index in [2.05, 4.69) is 41.2 Å². The van der Waals surface area contributed by atoms with Crippen molar-refractivity contribution in [3.8, 4) is 0 Å². The third kappa shape index (κ3) is 3.30. The van der Waals surface area contributed by atoms with Gasteiger partial charge >= 0.3 is 0 Å². The predicted molar refractivity (Wildman–Crippen MR) is 70.0 cm³/mol. The lowest BCUT2D eigenvalue weighted by molar-refractivity contribution is 0.373. The molecule has 1 aliphatic rings. The molecule has 0 amide bonds. The molecule has 1 saturated heterocycles. The number of nitrogen functional groups attached to an aromatic ring is 1. The quantitative estimate of drug-likeness (QED) is 0.801. The molecule has 3 N–H and O–H groups in total. The van der Waals surface area contributed by atoms with E-state index in [1.807, 2.05) is 6.07 Å². The average Bonchev–Trinajstić information content (AvgIpc) is 2.64. The molecule has 0 bridgehead atoms. The maximum absolute atomic E-state index is 5.53. The largest absolute Gasteiger partial charge is 0.382 e. The molecule has 94 valence electrons. The second kappa shape index (κ2) is 4.49. The third-order valence-electron chi connectivity index (χ3n) is 2.82. The fourth-order valence-electron chi connectivity index (χ4n) is 2.20. The fraction of sp³-hybridized carbons (Fsp3) is 0.667. The summed E-state index contributed by atoms with van der Waals surface area (Å²) in [5.41, 5.74) is 5.69. The summed E-state index contributed by atoms with van der Waals surface area (Å²) in [4.78, 5) is 2.25. The van der Waals surface area contributed by atoms with Crippen LogP contribution in [0.4, 0.5) is 11.6 Å². The lowest BCUT2D eigenvalue weighted by atomic mass is 10.1. The number of hydrogen-bond donors (Lipinski definition) is 2. The molecule has 1 aromatic heterocycles. The Morgan fingerprint density at radius 1 is 1.35 bits per heavy atom. The van der Waals surface area contributed by atoms with E-state index >= 15 is 0 Å². The number of nitrogens with two attached hydrogens (primary N) is 1. The minimum Gasteiger partial charge on any atom is -0.382 e. The van der Waals surface area contributed by atoms with Crippen molar-refractivity contribution in [3.05, 3.63) is 12.1 Å². The van der Waals surface area contributed by atoms with Crippen LogP contribution in [0.5, 0.6) is 0 Å². The highest BCUT2D eigenvalue weighted by Crippen LogP contribution is 2.19. The highest BCUT2D eigenvalue weighted by atomic mass is 15.3. The molecule has 5 heteroatoms. The van der Waals surface area contributed by atoms with Crippen LogP contribution in [0.25, 0.3) is 0 Å². The van der Waals surface area contributed by atoms with Gasteiger partial charge in [-0.2, -0.15) is 0 Å². The van der Waals surface area contributed by atoms with Crippen molar-refractivity contribution in [2.45, 2.75) is 38.8 Å². The molecule has 17 heavy (non-hydrogen) atoms. The van der Waals surface area contributed by atoms with Gasteiger partial charge in [-0.05, 0) is 39.3 Å². The standard InChI is InChI=1S/C12H21N5/c1-12(2,3)14-9-6-7-17(8-9)11-5-4-10(13)15-16-11/h4-5,9,14H,6-8H2,1-3H3,(H2,13,15)/t9-/m0/s1. The van der Waals surface area contributed by atoms with Gasteiger partial charge < -0.3 is 16.0 Å². The first-order valence-corrected chi connectivity index (χ1v) is 6.06. The molecule has 0 saturated carbocycles. The van der Waals surface area contributed by atoms with Crippen LogP contribution in [-0.2, 0) is 0 Å². The van der Waals surface area contributed by atoms with Crippen LogP contribution in [0.2, 0.25) is 0 Å². The van der Waals surface area contributed by atoms with E-state index in [-0.39, 0.29) is 5.54 Å². The maximum atomic E-state index is 5.53. The molecular formula is C12H21N5. The van der Waals surface area contributed by atoms with Crippen molar-refractivity contribution in [3.63, 3.8) is 0 Å². The molecule has 0 unspecified atom stereocenters. The Balaban J connectivity index is 1.96. The van der Waals surface area contributed by atoms with Gasteiger partial charge in [0.05, 0.1) is 0 Å². The molecule has 1 aromatic rings. The second-order valence-corrected chi connectivity index (χ2v) is 5.64. The summed E-state index contributed by atoms with van der Waals surface area (Å²) in [5, 5.41) is 11.6. The summed E-state index contributed by atoms with van der Waals surface area (Å²) in [5.74, 6) is 1.38. The number of nitrogens with one attached hydrogen (secondary N) is 1. The lowest BCUT2D eigenvalue weighted by Crippen LogP contribution is -2.45. The zero-order chi connectivity index (χ0) is 12.5. The summed E-state index contributed by atoms with van der Waals surface area (Å²) in [6.07, 6.45) is 1.14. The first kappa shape index (κ1) is 12.1. The van der Waals surface area contributed by atoms with Crippen molar-refractivity contribution >= 4 is 11.6 Å². The van der Waals surface area contributed by atoms with Crippen LogP contribution in [0.15, 0.2) is 12.1 Å². The van der Waals surface area contributed by atoms with Crippen molar-refractivity contribution < 1.29 is 0 Å². The topological polar surface area (TPSA) is 67.1 Å². The predicted octanol–water partition coefficient (Wildman–Crippen LogP) is 1.03. The zero-order valence-electron chi connectivity index (χ0n) is 10.8. The zero-order valence-corrected chi connectivity index (χ0v) is 10.8. The van der Waals surface area contributed by atoms with Gasteiger partial charge in [0.15, 0.2) is 5.82 Å². The Morgan fingerprint density at radius 2 is 2.12 bits per heavy atom. The molecule has 2 rings (SSSR count). The molecular weight excluding hydrogens is 214 g/mol. The van der Waals surface area contributed by atoms with Crippen LogP contribution in [0, 0.1) is 0 Å². The van der Waals surface area contributed by atoms with Gasteiger partial charge in [-0.25, -0.2) is 0 Å². The summed E-state index contributed by atoms with van der Waals surface area (Å²) in [7, 11) is 0. The summed E-state index contributed by atoms with van der Waals surface area (Å²) in [6, 6.07) is 4.25. The van der Waals surface area contributed by atoms with Gasteiger partial charge in [0.1, 0.15) is 5.82 Å². The highest BCUT2D eigenvalue weighted by molar-refractivity contribution is 5.42. The first-order valence-electron chi connectivity index (χ1n) is 6.06. The Hall–Kier alpha value is -1.36. The highest BCUT2D eigenvalue weighted by Gasteiger charge is 2.26. The maximum Gasteiger partial charge on any atom is 0.151 e. The van der Waals surface area contributed by atoms with Crippen molar-refractivity contribution in [1.29, 1.82) is 0 Å². The van der Waals surface area contributed by atoms with Crippen molar-refractivity contribution in [2.24, 2.45) is 0 Å². The number of aromatic nitrogens is 2. The fourth-order valence-corrected chi connectivity index (χ4v) is 2.20. The van der Waals surface area contributed by atoms with Gasteiger partial charge in [-0.3, -0.25) is 0 Å². The van der Waals surface area contributed by atoms with E-state index < -0.39 is 0 Å². The molecule has 0 aliphatic carbocycles. The summed E-state index contributed by atoms with van der Waals surface area (Å²) in [6.45, 7) is 8.58. The van der Waals surface area contributed by atoms with Crippen LogP contribution >= 0.6 is 0 Å². The Kier molecular flexibility index (Phi) is 3.19. The summed E-state index contributed by atoms with van der Waals surface area (Å²) >= 11 is 0. The first-order chi connectivity index (χ1) is 7.94. The van der Waals surface area contributed by atoms with Crippen molar-refractivity contribution in [2.75, 3.05) is 23.7 Å².